The second-order valence-corrected chi connectivity index (χ2v) is 5.93. The highest BCUT2D eigenvalue weighted by Crippen LogP contribution is 2.18. The van der Waals surface area contributed by atoms with Crippen LogP contribution in [0, 0.1) is 19.7 Å². The van der Waals surface area contributed by atoms with Crippen molar-refractivity contribution in [1.29, 1.82) is 0 Å². The van der Waals surface area contributed by atoms with E-state index >= 15 is 0 Å². The zero-order chi connectivity index (χ0) is 17.1. The van der Waals surface area contributed by atoms with E-state index in [1.807, 2.05) is 18.7 Å². The van der Waals surface area contributed by atoms with Crippen molar-refractivity contribution in [3.05, 3.63) is 35.5 Å². The maximum atomic E-state index is 13.8. The third-order valence-corrected chi connectivity index (χ3v) is 4.17. The Kier molecular flexibility index (Phi) is 4.75. The number of aryl methyl sites for hydroxylation is 2. The molecule has 0 saturated carbocycles. The summed E-state index contributed by atoms with van der Waals surface area (Å²) in [6.45, 7) is 6.69. The Labute approximate surface area is 139 Å². The molecule has 24 heavy (non-hydrogen) atoms. The van der Waals surface area contributed by atoms with Gasteiger partial charge in [-0.15, -0.1) is 0 Å². The lowest BCUT2D eigenvalue weighted by Crippen LogP contribution is -2.49. The van der Waals surface area contributed by atoms with E-state index in [1.54, 1.807) is 12.3 Å². The maximum Gasteiger partial charge on any atom is 0.238 e. The topological polar surface area (TPSA) is 77.2 Å². The third-order valence-electron chi connectivity index (χ3n) is 4.17. The fourth-order valence-electron chi connectivity index (χ4n) is 2.84. The summed E-state index contributed by atoms with van der Waals surface area (Å²) in [5.41, 5.74) is 2.36. The van der Waals surface area contributed by atoms with Crippen LogP contribution in [0.4, 0.5) is 15.9 Å². The lowest BCUT2D eigenvalue weighted by molar-refractivity contribution is -0.117. The molecule has 7 nitrogen and oxygen atoms in total. The quantitative estimate of drug-likeness (QED) is 0.883. The molecule has 1 saturated heterocycles. The molecule has 2 aromatic heterocycles. The lowest BCUT2D eigenvalue weighted by atomic mass is 10.2. The normalized spacial score (nSPS) is 15.5. The number of aromatic nitrogens is 3. The molecule has 0 radical (unpaired) electrons. The molecule has 2 N–H and O–H groups in total. The minimum Gasteiger partial charge on any atom is -0.352 e. The highest BCUT2D eigenvalue weighted by atomic mass is 19.1. The standard InChI is InChI=1S/C16H21FN6O/c1-11-15(12(2)21-20-11)19-14(24)10-22-6-8-23(9-7-22)16-13(17)4-3-5-18-16/h3-5H,6-10H2,1-2H3,(H,19,24)(H,20,21). The first-order valence-electron chi connectivity index (χ1n) is 7.94. The largest absolute Gasteiger partial charge is 0.352 e. The van der Waals surface area contributed by atoms with Crippen molar-refractivity contribution in [2.24, 2.45) is 0 Å². The second kappa shape index (κ2) is 6.96. The number of hydrogen-bond acceptors (Lipinski definition) is 5. The Morgan fingerprint density at radius 2 is 2.08 bits per heavy atom. The van der Waals surface area contributed by atoms with Gasteiger partial charge >= 0.3 is 0 Å². The van der Waals surface area contributed by atoms with Crippen LogP contribution in [0.2, 0.25) is 0 Å². The molecule has 1 fully saturated rings. The highest BCUT2D eigenvalue weighted by Gasteiger charge is 2.22. The van der Waals surface area contributed by atoms with Gasteiger partial charge in [-0.2, -0.15) is 5.10 Å². The maximum absolute atomic E-state index is 13.8. The van der Waals surface area contributed by atoms with E-state index in [2.05, 4.69) is 25.4 Å². The highest BCUT2D eigenvalue weighted by molar-refractivity contribution is 5.93. The van der Waals surface area contributed by atoms with E-state index in [4.69, 9.17) is 0 Å². The van der Waals surface area contributed by atoms with Gasteiger partial charge in [0.15, 0.2) is 11.6 Å². The van der Waals surface area contributed by atoms with Gasteiger partial charge in [0.05, 0.1) is 23.6 Å². The van der Waals surface area contributed by atoms with E-state index in [0.29, 0.717) is 38.5 Å². The molecule has 0 aliphatic carbocycles. The molecular formula is C16H21FN6O. The van der Waals surface area contributed by atoms with Crippen LogP contribution >= 0.6 is 0 Å². The second-order valence-electron chi connectivity index (χ2n) is 5.93. The van der Waals surface area contributed by atoms with Crippen molar-refractivity contribution in [2.45, 2.75) is 13.8 Å². The predicted octanol–water partition coefficient (Wildman–Crippen LogP) is 1.32. The van der Waals surface area contributed by atoms with E-state index in [-0.39, 0.29) is 11.7 Å². The number of rotatable bonds is 4. The Balaban J connectivity index is 1.52. The number of amides is 1. The molecule has 8 heteroatoms. The summed E-state index contributed by atoms with van der Waals surface area (Å²) in [5.74, 6) is 0.000848. The molecule has 0 unspecified atom stereocenters. The van der Waals surface area contributed by atoms with Crippen molar-refractivity contribution < 1.29 is 9.18 Å². The van der Waals surface area contributed by atoms with Crippen LogP contribution < -0.4 is 10.2 Å². The Hall–Kier alpha value is -2.48. The molecule has 3 heterocycles. The first kappa shape index (κ1) is 16.4. The summed E-state index contributed by atoms with van der Waals surface area (Å²) in [7, 11) is 0. The summed E-state index contributed by atoms with van der Waals surface area (Å²) in [5, 5.41) is 9.81. The van der Waals surface area contributed by atoms with Crippen LogP contribution in [0.15, 0.2) is 18.3 Å². The molecule has 0 atom stereocenters. The molecule has 1 amide bonds. The number of carbonyl (C=O) groups is 1. The summed E-state index contributed by atoms with van der Waals surface area (Å²) < 4.78 is 13.8. The van der Waals surface area contributed by atoms with Crippen molar-refractivity contribution in [1.82, 2.24) is 20.1 Å². The number of nitrogens with one attached hydrogen (secondary N) is 2. The molecule has 0 bridgehead atoms. The van der Waals surface area contributed by atoms with Gasteiger partial charge in [0, 0.05) is 32.4 Å². The molecule has 0 spiro atoms. The summed E-state index contributed by atoms with van der Waals surface area (Å²) in [4.78, 5) is 20.3. The Morgan fingerprint density at radius 1 is 1.33 bits per heavy atom. The SMILES string of the molecule is Cc1n[nH]c(C)c1NC(=O)CN1CCN(c2ncccc2F)CC1. The number of pyridine rings is 1. The van der Waals surface area contributed by atoms with Gasteiger partial charge in [-0.05, 0) is 26.0 Å². The lowest BCUT2D eigenvalue weighted by Gasteiger charge is -2.35. The third kappa shape index (κ3) is 3.53. The molecule has 128 valence electrons. The fourth-order valence-corrected chi connectivity index (χ4v) is 2.84. The number of halogens is 1. The van der Waals surface area contributed by atoms with Crippen molar-refractivity contribution >= 4 is 17.4 Å². The van der Waals surface area contributed by atoms with E-state index < -0.39 is 0 Å². The summed E-state index contributed by atoms with van der Waals surface area (Å²) in [6, 6.07) is 3.00. The van der Waals surface area contributed by atoms with Gasteiger partial charge in [0.25, 0.3) is 0 Å². The number of carbonyl (C=O) groups excluding carboxylic acids is 1. The number of hydrogen-bond donors (Lipinski definition) is 2. The molecule has 1 aliphatic heterocycles. The van der Waals surface area contributed by atoms with Crippen LogP contribution in [0.3, 0.4) is 0 Å². The monoisotopic (exact) mass is 332 g/mol. The zero-order valence-corrected chi connectivity index (χ0v) is 13.8. The fraction of sp³-hybridized carbons (Fsp3) is 0.438. The van der Waals surface area contributed by atoms with Crippen LogP contribution in [0.5, 0.6) is 0 Å². The molecule has 2 aromatic rings. The van der Waals surface area contributed by atoms with Crippen molar-refractivity contribution in [3.8, 4) is 0 Å². The molecule has 3 rings (SSSR count). The molecule has 0 aromatic carbocycles. The summed E-state index contributed by atoms with van der Waals surface area (Å²) in [6.07, 6.45) is 1.59. The van der Waals surface area contributed by atoms with Gasteiger partial charge < -0.3 is 10.2 Å². The first-order valence-corrected chi connectivity index (χ1v) is 7.94. The van der Waals surface area contributed by atoms with Crippen molar-refractivity contribution in [2.75, 3.05) is 42.9 Å². The first-order chi connectivity index (χ1) is 11.5. The minimum atomic E-state index is -0.311. The van der Waals surface area contributed by atoms with Gasteiger partial charge in [0.2, 0.25) is 5.91 Å². The van der Waals surface area contributed by atoms with Gasteiger partial charge in [-0.1, -0.05) is 0 Å². The van der Waals surface area contributed by atoms with E-state index in [9.17, 15) is 9.18 Å². The molecule has 1 aliphatic rings. The van der Waals surface area contributed by atoms with Gasteiger partial charge in [-0.3, -0.25) is 14.8 Å². The number of aromatic amines is 1. The minimum absolute atomic E-state index is 0.0694. The van der Waals surface area contributed by atoms with Gasteiger partial charge in [0.1, 0.15) is 0 Å². The predicted molar refractivity (Wildman–Crippen MR) is 89.5 cm³/mol. The van der Waals surface area contributed by atoms with Crippen molar-refractivity contribution in [3.63, 3.8) is 0 Å². The molecular weight excluding hydrogens is 311 g/mol. The van der Waals surface area contributed by atoms with Crippen LogP contribution in [-0.4, -0.2) is 58.7 Å². The zero-order valence-electron chi connectivity index (χ0n) is 13.8. The van der Waals surface area contributed by atoms with Crippen LogP contribution in [0.25, 0.3) is 0 Å². The van der Waals surface area contributed by atoms with Crippen LogP contribution in [0.1, 0.15) is 11.4 Å². The Morgan fingerprint density at radius 3 is 2.71 bits per heavy atom. The Bertz CT molecular complexity index is 704. The van der Waals surface area contributed by atoms with E-state index in [1.165, 1.54) is 6.07 Å². The van der Waals surface area contributed by atoms with Crippen LogP contribution in [-0.2, 0) is 4.79 Å². The average molecular weight is 332 g/mol. The number of H-pyrrole nitrogens is 1. The average Bonchev–Trinajstić information content (AvgIpc) is 2.88. The number of piperazine rings is 1. The van der Waals surface area contributed by atoms with E-state index in [0.717, 1.165) is 17.1 Å². The number of anilines is 2. The summed E-state index contributed by atoms with van der Waals surface area (Å²) >= 11 is 0. The number of nitrogens with zero attached hydrogens (tertiary/aromatic N) is 4. The van der Waals surface area contributed by atoms with Gasteiger partial charge in [-0.25, -0.2) is 9.37 Å². The smallest absolute Gasteiger partial charge is 0.238 e.